The molecule has 0 saturated heterocycles. The molecule has 0 fully saturated rings. The van der Waals surface area contributed by atoms with Gasteiger partial charge in [-0.15, -0.1) is 0 Å². The van der Waals surface area contributed by atoms with Crippen molar-refractivity contribution >= 4 is 32.5 Å². The van der Waals surface area contributed by atoms with Crippen LogP contribution < -0.4 is 0 Å². The SMILES string of the molecule is [2H]c1c([2H])c([2H])c(-c2oc3c(-c4ccccc4)cccc3c2-c2c3c([2H])c([2H])c([2H])c([2H])c3c(-c3ccccc3)c3c([2H])c([2H])c([2H])c([2H])c23)c([2H])c1[2H]. The number of hydrogen-bond acceptors (Lipinski definition) is 1. The molecule has 41 heavy (non-hydrogen) atoms. The first-order valence-electron chi connectivity index (χ1n) is 19.5. The Labute approximate surface area is 257 Å². The molecule has 1 heteroatoms. The molecule has 0 spiro atoms. The molecule has 1 nitrogen and oxygen atoms in total. The van der Waals surface area contributed by atoms with Crippen molar-refractivity contribution in [2.24, 2.45) is 0 Å². The molecule has 0 aliphatic heterocycles. The maximum atomic E-state index is 9.39. The van der Waals surface area contributed by atoms with Crippen LogP contribution in [-0.2, 0) is 0 Å². The van der Waals surface area contributed by atoms with Crippen molar-refractivity contribution < 1.29 is 22.2 Å². The molecular formula is C40H26O. The largest absolute Gasteiger partial charge is 0.455 e. The number of benzene rings is 7. The van der Waals surface area contributed by atoms with Crippen LogP contribution in [0.3, 0.4) is 0 Å². The van der Waals surface area contributed by atoms with Crippen LogP contribution in [0.15, 0.2) is 162 Å². The molecular weight excluding hydrogens is 496 g/mol. The third-order valence-corrected chi connectivity index (χ3v) is 7.21. The lowest BCUT2D eigenvalue weighted by Gasteiger charge is -2.18. The highest BCUT2D eigenvalue weighted by Gasteiger charge is 2.25. The number of hydrogen-bond donors (Lipinski definition) is 0. The van der Waals surface area contributed by atoms with E-state index in [0.717, 1.165) is 0 Å². The summed E-state index contributed by atoms with van der Waals surface area (Å²) in [5.74, 6) is -0.236. The zero-order valence-corrected chi connectivity index (χ0v) is 21.4. The van der Waals surface area contributed by atoms with Crippen LogP contribution in [-0.4, -0.2) is 0 Å². The fraction of sp³-hybridized carbons (Fsp3) is 0. The quantitative estimate of drug-likeness (QED) is 0.204. The zero-order valence-electron chi connectivity index (χ0n) is 34.4. The van der Waals surface area contributed by atoms with E-state index in [2.05, 4.69) is 0 Å². The van der Waals surface area contributed by atoms with Gasteiger partial charge in [0.2, 0.25) is 0 Å². The Kier molecular flexibility index (Phi) is 3.25. The summed E-state index contributed by atoms with van der Waals surface area (Å²) in [5, 5.41) is 0.0614. The van der Waals surface area contributed by atoms with Gasteiger partial charge in [-0.05, 0) is 38.2 Å². The van der Waals surface area contributed by atoms with E-state index >= 15 is 0 Å². The Balaban J connectivity index is 1.75. The second-order valence-corrected chi connectivity index (χ2v) is 9.47. The highest BCUT2D eigenvalue weighted by molar-refractivity contribution is 6.25. The predicted octanol–water partition coefficient (Wildman–Crippen LogP) is 11.4. The van der Waals surface area contributed by atoms with Crippen LogP contribution in [0.1, 0.15) is 17.8 Å². The number of fused-ring (bicyclic) bond motifs is 3. The van der Waals surface area contributed by atoms with Gasteiger partial charge >= 0.3 is 0 Å². The molecule has 0 unspecified atom stereocenters. The second-order valence-electron chi connectivity index (χ2n) is 9.47. The molecule has 0 N–H and O–H groups in total. The Hall–Kier alpha value is -5.40. The van der Waals surface area contributed by atoms with Gasteiger partial charge in [-0.3, -0.25) is 0 Å². The van der Waals surface area contributed by atoms with Crippen molar-refractivity contribution in [2.45, 2.75) is 0 Å². The topological polar surface area (TPSA) is 13.1 Å². The van der Waals surface area contributed by atoms with Gasteiger partial charge in [-0.25, -0.2) is 0 Å². The summed E-state index contributed by atoms with van der Waals surface area (Å²) in [6.07, 6.45) is 0. The van der Waals surface area contributed by atoms with E-state index in [1.54, 1.807) is 48.5 Å². The van der Waals surface area contributed by atoms with E-state index in [-0.39, 0.29) is 55.1 Å². The third kappa shape index (κ3) is 3.78. The summed E-state index contributed by atoms with van der Waals surface area (Å²) in [7, 11) is 0. The molecule has 8 aromatic rings. The van der Waals surface area contributed by atoms with Crippen molar-refractivity contribution in [1.29, 1.82) is 0 Å². The van der Waals surface area contributed by atoms with Gasteiger partial charge in [-0.2, -0.15) is 0 Å². The van der Waals surface area contributed by atoms with Gasteiger partial charge < -0.3 is 4.42 Å². The van der Waals surface area contributed by atoms with Crippen LogP contribution in [0, 0.1) is 0 Å². The molecule has 1 heterocycles. The maximum Gasteiger partial charge on any atom is 0.143 e. The second kappa shape index (κ2) is 9.66. The van der Waals surface area contributed by atoms with Crippen LogP contribution >= 0.6 is 0 Å². The van der Waals surface area contributed by atoms with Gasteiger partial charge in [0.25, 0.3) is 0 Å². The summed E-state index contributed by atoms with van der Waals surface area (Å²) in [5.41, 5.74) is 1.72. The number of rotatable bonds is 4. The van der Waals surface area contributed by atoms with E-state index in [1.165, 1.54) is 0 Å². The highest BCUT2D eigenvalue weighted by Crippen LogP contribution is 2.50. The maximum absolute atomic E-state index is 9.39. The van der Waals surface area contributed by atoms with Crippen LogP contribution in [0.4, 0.5) is 0 Å². The van der Waals surface area contributed by atoms with E-state index in [1.807, 2.05) is 30.3 Å². The summed E-state index contributed by atoms with van der Waals surface area (Å²) in [6, 6.07) is 15.5. The van der Waals surface area contributed by atoms with E-state index in [0.29, 0.717) is 22.1 Å². The third-order valence-electron chi connectivity index (χ3n) is 7.21. The van der Waals surface area contributed by atoms with Gasteiger partial charge in [0.05, 0.1) is 17.8 Å². The summed E-state index contributed by atoms with van der Waals surface area (Å²) >= 11 is 0. The number of para-hydroxylation sites is 1. The Morgan fingerprint density at radius 2 is 0.927 bits per heavy atom. The Bertz CT molecular complexity index is 2790. The molecule has 0 aliphatic rings. The normalized spacial score (nSPS) is 15.9. The summed E-state index contributed by atoms with van der Waals surface area (Å²) in [4.78, 5) is 0. The first-order valence-corrected chi connectivity index (χ1v) is 13.0. The summed E-state index contributed by atoms with van der Waals surface area (Å²) < 4.78 is 122. The minimum Gasteiger partial charge on any atom is -0.455 e. The molecule has 1 aromatic heterocycles. The van der Waals surface area contributed by atoms with E-state index in [4.69, 9.17) is 16.8 Å². The standard InChI is InChI=1S/C40H26O/c1-4-15-27(16-5-1)30-25-14-26-35-38(39(41-40(30)35)29-19-8-3-9-20-29)37-33-23-12-10-21-31(33)36(28-17-6-2-7-18-28)32-22-11-13-24-34(32)37/h1-26H/i3D,8D,9D,10D,11D,12D,13D,19D,20D,21D,22D,23D,24D. The van der Waals surface area contributed by atoms with Crippen molar-refractivity contribution in [3.8, 4) is 44.7 Å². The predicted molar refractivity (Wildman–Crippen MR) is 173 cm³/mol. The smallest absolute Gasteiger partial charge is 0.143 e. The van der Waals surface area contributed by atoms with Crippen LogP contribution in [0.25, 0.3) is 77.2 Å². The first kappa shape index (κ1) is 13.8. The van der Waals surface area contributed by atoms with Crippen LogP contribution in [0.2, 0.25) is 0 Å². The van der Waals surface area contributed by atoms with Crippen molar-refractivity contribution in [3.63, 3.8) is 0 Å². The average Bonchev–Trinajstić information content (AvgIpc) is 3.57. The van der Waals surface area contributed by atoms with Crippen molar-refractivity contribution in [2.75, 3.05) is 0 Å². The molecule has 0 atom stereocenters. The molecule has 7 aromatic carbocycles. The molecule has 0 amide bonds. The van der Waals surface area contributed by atoms with E-state index < -0.39 is 78.6 Å². The van der Waals surface area contributed by atoms with Crippen molar-refractivity contribution in [3.05, 3.63) is 157 Å². The number of furan rings is 1. The van der Waals surface area contributed by atoms with Gasteiger partial charge in [-0.1, -0.05) is 157 Å². The molecule has 192 valence electrons. The Morgan fingerprint density at radius 1 is 0.390 bits per heavy atom. The average molecular weight is 536 g/mol. The molecule has 0 saturated carbocycles. The monoisotopic (exact) mass is 535 g/mol. The van der Waals surface area contributed by atoms with Crippen molar-refractivity contribution in [1.82, 2.24) is 0 Å². The lowest BCUT2D eigenvalue weighted by molar-refractivity contribution is 0.633. The molecule has 0 radical (unpaired) electrons. The van der Waals surface area contributed by atoms with Crippen LogP contribution in [0.5, 0.6) is 0 Å². The fourth-order valence-electron chi connectivity index (χ4n) is 5.52. The summed E-state index contributed by atoms with van der Waals surface area (Å²) in [6.45, 7) is 0. The zero-order chi connectivity index (χ0) is 38.5. The first-order chi connectivity index (χ1) is 25.8. The van der Waals surface area contributed by atoms with Gasteiger partial charge in [0, 0.05) is 27.6 Å². The van der Waals surface area contributed by atoms with Gasteiger partial charge in [0.15, 0.2) is 0 Å². The highest BCUT2D eigenvalue weighted by atomic mass is 16.3. The molecule has 0 aliphatic carbocycles. The minimum atomic E-state index is -0.640. The molecule has 8 rings (SSSR count). The fourth-order valence-corrected chi connectivity index (χ4v) is 5.52. The molecule has 0 bridgehead atoms. The minimum absolute atomic E-state index is 0.0275. The van der Waals surface area contributed by atoms with Gasteiger partial charge in [0.1, 0.15) is 11.3 Å². The Morgan fingerprint density at radius 3 is 1.54 bits per heavy atom. The van der Waals surface area contributed by atoms with E-state index in [9.17, 15) is 5.48 Å². The lowest BCUT2D eigenvalue weighted by atomic mass is 9.84. The lowest BCUT2D eigenvalue weighted by Crippen LogP contribution is -1.91.